The summed E-state index contributed by atoms with van der Waals surface area (Å²) in [4.78, 5) is 37.2. The van der Waals surface area contributed by atoms with Crippen molar-refractivity contribution >= 4 is 40.9 Å². The van der Waals surface area contributed by atoms with Crippen molar-refractivity contribution in [1.82, 2.24) is 10.4 Å². The van der Waals surface area contributed by atoms with Crippen molar-refractivity contribution in [3.05, 3.63) is 46.0 Å². The van der Waals surface area contributed by atoms with Gasteiger partial charge in [0.2, 0.25) is 0 Å². The lowest BCUT2D eigenvalue weighted by Gasteiger charge is -2.22. The standard InChI is InChI=1S/C16H14Cl2N2O3/c1-8-3-2-4-11-13(8)16(23)20(15(11)22)19-14(21)10-6-5-9(17)7-12(10)18/h2-3,5-8,11,13H,4H2,1H3,(H,19,21)/t8-,11+,13+/m0/s1. The van der Waals surface area contributed by atoms with Crippen LogP contribution in [0.3, 0.4) is 0 Å². The van der Waals surface area contributed by atoms with Crippen LogP contribution in [0.25, 0.3) is 0 Å². The van der Waals surface area contributed by atoms with Gasteiger partial charge in [0.05, 0.1) is 22.4 Å². The minimum Gasteiger partial charge on any atom is -0.272 e. The van der Waals surface area contributed by atoms with Crippen LogP contribution in [-0.4, -0.2) is 22.7 Å². The maximum Gasteiger partial charge on any atom is 0.271 e. The van der Waals surface area contributed by atoms with Crippen LogP contribution < -0.4 is 5.43 Å². The molecule has 1 aliphatic heterocycles. The number of nitrogens with one attached hydrogen (secondary N) is 1. The summed E-state index contributed by atoms with van der Waals surface area (Å²) < 4.78 is 0. The van der Waals surface area contributed by atoms with E-state index in [0.717, 1.165) is 5.01 Å². The second-order valence-electron chi connectivity index (χ2n) is 5.73. The van der Waals surface area contributed by atoms with E-state index >= 15 is 0 Å². The van der Waals surface area contributed by atoms with Crippen molar-refractivity contribution in [3.63, 3.8) is 0 Å². The molecule has 1 fully saturated rings. The van der Waals surface area contributed by atoms with Gasteiger partial charge in [-0.15, -0.1) is 0 Å². The molecule has 3 amide bonds. The number of allylic oxidation sites excluding steroid dienone is 2. The Morgan fingerprint density at radius 1 is 1.26 bits per heavy atom. The van der Waals surface area contributed by atoms with Gasteiger partial charge in [0.15, 0.2) is 0 Å². The number of imide groups is 1. The summed E-state index contributed by atoms with van der Waals surface area (Å²) in [6, 6.07) is 4.39. The van der Waals surface area contributed by atoms with Crippen LogP contribution in [0.15, 0.2) is 30.4 Å². The van der Waals surface area contributed by atoms with E-state index in [4.69, 9.17) is 23.2 Å². The van der Waals surface area contributed by atoms with Crippen molar-refractivity contribution in [2.45, 2.75) is 13.3 Å². The second-order valence-corrected chi connectivity index (χ2v) is 6.58. The summed E-state index contributed by atoms with van der Waals surface area (Å²) in [5.41, 5.74) is 2.52. The van der Waals surface area contributed by atoms with E-state index in [1.807, 2.05) is 19.1 Å². The zero-order chi connectivity index (χ0) is 16.7. The number of carbonyl (C=O) groups excluding carboxylic acids is 3. The van der Waals surface area contributed by atoms with E-state index in [9.17, 15) is 14.4 Å². The molecule has 0 bridgehead atoms. The lowest BCUT2D eigenvalue weighted by molar-refractivity contribution is -0.142. The summed E-state index contributed by atoms with van der Waals surface area (Å²) >= 11 is 11.8. The van der Waals surface area contributed by atoms with Crippen molar-refractivity contribution in [2.75, 3.05) is 0 Å². The van der Waals surface area contributed by atoms with Crippen LogP contribution in [0.1, 0.15) is 23.7 Å². The highest BCUT2D eigenvalue weighted by molar-refractivity contribution is 6.36. The Kier molecular flexibility index (Phi) is 4.17. The zero-order valence-corrected chi connectivity index (χ0v) is 13.8. The summed E-state index contributed by atoms with van der Waals surface area (Å²) in [6.07, 6.45) is 4.33. The van der Waals surface area contributed by atoms with Crippen LogP contribution >= 0.6 is 23.2 Å². The fourth-order valence-corrected chi connectivity index (χ4v) is 3.59. The molecule has 0 unspecified atom stereocenters. The first-order valence-corrected chi connectivity index (χ1v) is 7.96. The second kappa shape index (κ2) is 5.98. The van der Waals surface area contributed by atoms with E-state index in [-0.39, 0.29) is 28.3 Å². The van der Waals surface area contributed by atoms with Gasteiger partial charge in [-0.1, -0.05) is 42.3 Å². The van der Waals surface area contributed by atoms with Gasteiger partial charge in [0.1, 0.15) is 0 Å². The van der Waals surface area contributed by atoms with Crippen LogP contribution in [0, 0.1) is 17.8 Å². The van der Waals surface area contributed by atoms with Crippen molar-refractivity contribution in [1.29, 1.82) is 0 Å². The zero-order valence-electron chi connectivity index (χ0n) is 12.3. The third-order valence-electron chi connectivity index (χ3n) is 4.26. The molecule has 1 N–H and O–H groups in total. The highest BCUT2D eigenvalue weighted by Gasteiger charge is 2.50. The van der Waals surface area contributed by atoms with E-state index in [0.29, 0.717) is 11.4 Å². The molecule has 120 valence electrons. The topological polar surface area (TPSA) is 66.5 Å². The minimum absolute atomic E-state index is 0.0359. The predicted octanol–water partition coefficient (Wildman–Crippen LogP) is 2.84. The third-order valence-corrected chi connectivity index (χ3v) is 4.81. The number of rotatable bonds is 2. The Bertz CT molecular complexity index is 732. The van der Waals surface area contributed by atoms with Gasteiger partial charge >= 0.3 is 0 Å². The summed E-state index contributed by atoms with van der Waals surface area (Å²) in [6.45, 7) is 1.89. The lowest BCUT2D eigenvalue weighted by Crippen LogP contribution is -2.46. The first-order valence-electron chi connectivity index (χ1n) is 7.20. The molecule has 1 saturated heterocycles. The molecule has 3 rings (SSSR count). The molecule has 1 heterocycles. The van der Waals surface area contributed by atoms with Gasteiger partial charge in [0, 0.05) is 5.02 Å². The normalized spacial score (nSPS) is 26.4. The highest BCUT2D eigenvalue weighted by atomic mass is 35.5. The number of carbonyl (C=O) groups is 3. The highest BCUT2D eigenvalue weighted by Crippen LogP contribution is 2.37. The predicted molar refractivity (Wildman–Crippen MR) is 85.7 cm³/mol. The van der Waals surface area contributed by atoms with E-state index < -0.39 is 17.7 Å². The van der Waals surface area contributed by atoms with Gasteiger partial charge in [-0.25, -0.2) is 0 Å². The Balaban J connectivity index is 1.82. The number of amides is 3. The number of hydrogen-bond donors (Lipinski definition) is 1. The number of hydrogen-bond acceptors (Lipinski definition) is 3. The Labute approximate surface area is 143 Å². The van der Waals surface area contributed by atoms with Crippen LogP contribution in [0.2, 0.25) is 10.0 Å². The molecule has 1 aromatic carbocycles. The first kappa shape index (κ1) is 16.0. The van der Waals surface area contributed by atoms with E-state index in [1.165, 1.54) is 18.2 Å². The molecule has 1 aliphatic carbocycles. The van der Waals surface area contributed by atoms with Gasteiger partial charge in [-0.05, 0) is 30.5 Å². The lowest BCUT2D eigenvalue weighted by atomic mass is 9.78. The minimum atomic E-state index is -0.618. The number of fused-ring (bicyclic) bond motifs is 1. The number of benzene rings is 1. The van der Waals surface area contributed by atoms with Crippen molar-refractivity contribution in [3.8, 4) is 0 Å². The first-order chi connectivity index (χ1) is 10.9. The fourth-order valence-electron chi connectivity index (χ4n) is 3.09. The fraction of sp³-hybridized carbons (Fsp3) is 0.312. The average molecular weight is 353 g/mol. The van der Waals surface area contributed by atoms with Crippen LogP contribution in [0.4, 0.5) is 0 Å². The van der Waals surface area contributed by atoms with Crippen molar-refractivity contribution < 1.29 is 14.4 Å². The number of halogens is 2. The van der Waals surface area contributed by atoms with E-state index in [1.54, 1.807) is 0 Å². The Morgan fingerprint density at radius 3 is 2.65 bits per heavy atom. The summed E-state index contributed by atoms with van der Waals surface area (Å²) in [7, 11) is 0. The molecule has 23 heavy (non-hydrogen) atoms. The van der Waals surface area contributed by atoms with Crippen LogP contribution in [-0.2, 0) is 9.59 Å². The molecule has 3 atom stereocenters. The van der Waals surface area contributed by atoms with Crippen LogP contribution in [0.5, 0.6) is 0 Å². The van der Waals surface area contributed by atoms with Crippen molar-refractivity contribution in [2.24, 2.45) is 17.8 Å². The Hall–Kier alpha value is -1.85. The smallest absolute Gasteiger partial charge is 0.271 e. The average Bonchev–Trinajstić information content (AvgIpc) is 2.73. The number of nitrogens with zero attached hydrogens (tertiary/aromatic N) is 1. The molecular formula is C16H14Cl2N2O3. The largest absolute Gasteiger partial charge is 0.272 e. The molecule has 0 aromatic heterocycles. The van der Waals surface area contributed by atoms with Gasteiger partial charge in [-0.2, -0.15) is 5.01 Å². The van der Waals surface area contributed by atoms with E-state index in [2.05, 4.69) is 5.43 Å². The summed E-state index contributed by atoms with van der Waals surface area (Å²) in [5, 5.41) is 1.37. The molecular weight excluding hydrogens is 339 g/mol. The summed E-state index contributed by atoms with van der Waals surface area (Å²) in [5.74, 6) is -2.25. The molecule has 0 saturated carbocycles. The molecule has 0 radical (unpaired) electrons. The monoisotopic (exact) mass is 352 g/mol. The molecule has 1 aromatic rings. The van der Waals surface area contributed by atoms with Gasteiger partial charge < -0.3 is 0 Å². The molecule has 0 spiro atoms. The van der Waals surface area contributed by atoms with Gasteiger partial charge in [-0.3, -0.25) is 19.8 Å². The Morgan fingerprint density at radius 2 is 2.00 bits per heavy atom. The maximum atomic E-state index is 12.5. The van der Waals surface area contributed by atoms with Gasteiger partial charge in [0.25, 0.3) is 17.7 Å². The molecule has 2 aliphatic rings. The third kappa shape index (κ3) is 2.75. The molecule has 7 heteroatoms. The SMILES string of the molecule is C[C@H]1C=CC[C@H]2C(=O)N(NC(=O)c3ccc(Cl)cc3Cl)C(=O)[C@H]12. The number of hydrazine groups is 1. The molecule has 5 nitrogen and oxygen atoms in total. The maximum absolute atomic E-state index is 12.5. The quantitative estimate of drug-likeness (QED) is 0.657.